The van der Waals surface area contributed by atoms with Gasteiger partial charge in [0.2, 0.25) is 0 Å². The first kappa shape index (κ1) is 19.0. The first-order chi connectivity index (χ1) is 13.2. The molecule has 27 heavy (non-hydrogen) atoms. The van der Waals surface area contributed by atoms with Crippen molar-refractivity contribution in [1.29, 1.82) is 0 Å². The lowest BCUT2D eigenvalue weighted by Gasteiger charge is -2.31. The smallest absolute Gasteiger partial charge is 0.269 e. The van der Waals surface area contributed by atoms with Gasteiger partial charge in [-0.3, -0.25) is 4.79 Å². The van der Waals surface area contributed by atoms with E-state index in [2.05, 4.69) is 28.2 Å². The second kappa shape index (κ2) is 8.75. The van der Waals surface area contributed by atoms with E-state index in [1.807, 2.05) is 12.1 Å². The van der Waals surface area contributed by atoms with Gasteiger partial charge in [-0.05, 0) is 48.2 Å². The minimum Gasteiger partial charge on any atom is -0.493 e. The van der Waals surface area contributed by atoms with Crippen LogP contribution in [0.25, 0.3) is 0 Å². The minimum atomic E-state index is -0.115. The molecule has 1 aromatic carbocycles. The van der Waals surface area contributed by atoms with Crippen LogP contribution in [0.15, 0.2) is 30.5 Å². The molecule has 2 heterocycles. The molecule has 1 N–H and O–H groups in total. The lowest BCUT2D eigenvalue weighted by molar-refractivity contribution is 0.0948. The lowest BCUT2D eigenvalue weighted by atomic mass is 9.98. The van der Waals surface area contributed by atoms with Crippen molar-refractivity contribution >= 4 is 11.6 Å². The zero-order chi connectivity index (χ0) is 19.2. The highest BCUT2D eigenvalue weighted by atomic mass is 16.5. The van der Waals surface area contributed by atoms with Crippen LogP contribution in [-0.2, 0) is 13.0 Å². The quantitative estimate of drug-likeness (QED) is 0.760. The van der Waals surface area contributed by atoms with E-state index >= 15 is 0 Å². The van der Waals surface area contributed by atoms with Gasteiger partial charge in [-0.15, -0.1) is 0 Å². The number of fused-ring (bicyclic) bond motifs is 1. The molecule has 0 saturated carbocycles. The number of benzene rings is 1. The fourth-order valence-electron chi connectivity index (χ4n) is 3.28. The first-order valence-electron chi connectivity index (χ1n) is 9.39. The van der Waals surface area contributed by atoms with Gasteiger partial charge < -0.3 is 19.7 Å². The van der Waals surface area contributed by atoms with Crippen molar-refractivity contribution in [1.82, 2.24) is 10.3 Å². The number of hydrogen-bond acceptors (Lipinski definition) is 5. The molecule has 2 aromatic rings. The van der Waals surface area contributed by atoms with Crippen molar-refractivity contribution in [3.63, 3.8) is 0 Å². The molecule has 1 amide bonds. The monoisotopic (exact) mass is 369 g/mol. The number of aromatic nitrogens is 1. The number of ether oxygens (including phenoxy) is 2. The number of unbranched alkanes of at least 4 members (excludes halogenated alkanes) is 1. The third kappa shape index (κ3) is 4.32. The number of amides is 1. The van der Waals surface area contributed by atoms with E-state index in [4.69, 9.17) is 9.47 Å². The number of rotatable bonds is 7. The summed E-state index contributed by atoms with van der Waals surface area (Å²) in [5, 5.41) is 2.89. The van der Waals surface area contributed by atoms with Gasteiger partial charge in [-0.25, -0.2) is 4.98 Å². The van der Waals surface area contributed by atoms with E-state index < -0.39 is 0 Å². The number of carbonyl (C=O) groups excluding carboxylic acids is 1. The van der Waals surface area contributed by atoms with Crippen LogP contribution in [0.3, 0.4) is 0 Å². The van der Waals surface area contributed by atoms with Crippen LogP contribution in [-0.4, -0.2) is 38.2 Å². The molecule has 0 unspecified atom stereocenters. The molecule has 0 fully saturated rings. The van der Waals surface area contributed by atoms with Crippen LogP contribution in [0.5, 0.6) is 11.5 Å². The van der Waals surface area contributed by atoms with Gasteiger partial charge in [0.25, 0.3) is 5.91 Å². The van der Waals surface area contributed by atoms with Crippen LogP contribution >= 0.6 is 0 Å². The molecule has 6 heteroatoms. The fourth-order valence-corrected chi connectivity index (χ4v) is 3.28. The van der Waals surface area contributed by atoms with Crippen LogP contribution in [0.1, 0.15) is 41.4 Å². The number of carbonyl (C=O) groups is 1. The Balaban J connectivity index is 1.70. The average molecular weight is 369 g/mol. The Morgan fingerprint density at radius 1 is 1.19 bits per heavy atom. The van der Waals surface area contributed by atoms with Gasteiger partial charge in [0, 0.05) is 19.6 Å². The number of nitrogens with one attached hydrogen (secondary N) is 1. The molecule has 1 aromatic heterocycles. The van der Waals surface area contributed by atoms with Crippen LogP contribution in [0, 0.1) is 0 Å². The van der Waals surface area contributed by atoms with E-state index in [0.29, 0.717) is 12.2 Å². The highest BCUT2D eigenvalue weighted by molar-refractivity contribution is 5.92. The van der Waals surface area contributed by atoms with Crippen LogP contribution in [0.2, 0.25) is 0 Å². The summed E-state index contributed by atoms with van der Waals surface area (Å²) >= 11 is 0. The molecule has 144 valence electrons. The predicted molar refractivity (Wildman–Crippen MR) is 106 cm³/mol. The second-order valence-corrected chi connectivity index (χ2v) is 6.66. The largest absolute Gasteiger partial charge is 0.493 e. The zero-order valence-corrected chi connectivity index (χ0v) is 16.2. The van der Waals surface area contributed by atoms with Crippen molar-refractivity contribution in [2.24, 2.45) is 0 Å². The Kier molecular flexibility index (Phi) is 6.16. The molecule has 0 aliphatic carbocycles. The van der Waals surface area contributed by atoms with Gasteiger partial charge in [-0.2, -0.15) is 0 Å². The van der Waals surface area contributed by atoms with E-state index in [9.17, 15) is 4.79 Å². The number of methoxy groups -OCH3 is 2. The Labute approximate surface area is 160 Å². The summed E-state index contributed by atoms with van der Waals surface area (Å²) in [7, 11) is 3.31. The molecule has 1 aliphatic heterocycles. The minimum absolute atomic E-state index is 0.115. The zero-order valence-electron chi connectivity index (χ0n) is 16.2. The Morgan fingerprint density at radius 3 is 2.56 bits per heavy atom. The highest BCUT2D eigenvalue weighted by Gasteiger charge is 2.20. The Bertz CT molecular complexity index is 790. The third-order valence-electron chi connectivity index (χ3n) is 4.88. The van der Waals surface area contributed by atoms with E-state index in [1.54, 1.807) is 26.5 Å². The van der Waals surface area contributed by atoms with Crippen molar-refractivity contribution in [3.05, 3.63) is 47.3 Å². The van der Waals surface area contributed by atoms with Gasteiger partial charge in [0.05, 0.1) is 26.1 Å². The molecule has 0 radical (unpaired) electrons. The van der Waals surface area contributed by atoms with Gasteiger partial charge in [-0.1, -0.05) is 13.3 Å². The molecule has 0 saturated heterocycles. The second-order valence-electron chi connectivity index (χ2n) is 6.66. The lowest BCUT2D eigenvalue weighted by Crippen LogP contribution is -2.31. The summed E-state index contributed by atoms with van der Waals surface area (Å²) in [5.41, 5.74) is 3.98. The number of anilines is 1. The molecular weight excluding hydrogens is 342 g/mol. The van der Waals surface area contributed by atoms with Crippen LogP contribution < -0.4 is 19.7 Å². The molecule has 0 atom stereocenters. The molecule has 0 bridgehead atoms. The third-order valence-corrected chi connectivity index (χ3v) is 4.88. The van der Waals surface area contributed by atoms with Crippen LogP contribution in [0.4, 0.5) is 5.69 Å². The SMILES string of the molecule is CCCCNC(=O)c1ccc(N2CCc3cc(OC)c(OC)cc3C2)cn1. The summed E-state index contributed by atoms with van der Waals surface area (Å²) < 4.78 is 10.8. The number of hydrogen-bond donors (Lipinski definition) is 1. The predicted octanol–water partition coefficient (Wildman–Crippen LogP) is 3.19. The average Bonchev–Trinajstić information content (AvgIpc) is 2.72. The molecule has 3 rings (SSSR count). The van der Waals surface area contributed by atoms with Crippen molar-refractivity contribution in [2.75, 3.05) is 32.2 Å². The van der Waals surface area contributed by atoms with Gasteiger partial charge in [0.1, 0.15) is 5.69 Å². The maximum Gasteiger partial charge on any atom is 0.269 e. The summed E-state index contributed by atoms with van der Waals surface area (Å²) in [5.74, 6) is 1.40. The van der Waals surface area contributed by atoms with Crippen molar-refractivity contribution in [3.8, 4) is 11.5 Å². The standard InChI is InChI=1S/C21H27N3O3/c1-4-5-9-22-21(25)18-7-6-17(13-23-18)24-10-8-15-11-19(26-2)20(27-3)12-16(15)14-24/h6-7,11-13H,4-5,8-10,14H2,1-3H3,(H,22,25). The van der Waals surface area contributed by atoms with Gasteiger partial charge >= 0.3 is 0 Å². The Hall–Kier alpha value is -2.76. The number of pyridine rings is 1. The fraction of sp³-hybridized carbons (Fsp3) is 0.429. The summed E-state index contributed by atoms with van der Waals surface area (Å²) in [4.78, 5) is 18.7. The van der Waals surface area contributed by atoms with E-state index in [1.165, 1.54) is 11.1 Å². The molecule has 6 nitrogen and oxygen atoms in total. The molecule has 1 aliphatic rings. The number of nitrogens with zero attached hydrogens (tertiary/aromatic N) is 2. The normalized spacial score (nSPS) is 13.1. The maximum atomic E-state index is 12.1. The van der Waals surface area contributed by atoms with Crippen molar-refractivity contribution in [2.45, 2.75) is 32.7 Å². The highest BCUT2D eigenvalue weighted by Crippen LogP contribution is 2.34. The topological polar surface area (TPSA) is 63.7 Å². The van der Waals surface area contributed by atoms with E-state index in [0.717, 1.165) is 49.5 Å². The first-order valence-corrected chi connectivity index (χ1v) is 9.39. The van der Waals surface area contributed by atoms with Gasteiger partial charge in [0.15, 0.2) is 11.5 Å². The maximum absolute atomic E-state index is 12.1. The molecule has 0 spiro atoms. The Morgan fingerprint density at radius 2 is 1.93 bits per heavy atom. The van der Waals surface area contributed by atoms with Crippen molar-refractivity contribution < 1.29 is 14.3 Å². The summed E-state index contributed by atoms with van der Waals surface area (Å²) in [6, 6.07) is 7.87. The van der Waals surface area contributed by atoms with E-state index in [-0.39, 0.29) is 5.91 Å². The summed E-state index contributed by atoms with van der Waals surface area (Å²) in [6.45, 7) is 4.46. The molecular formula is C21H27N3O3. The summed E-state index contributed by atoms with van der Waals surface area (Å²) in [6.07, 6.45) is 4.74.